The molecular weight excluding hydrogens is 274 g/mol. The fraction of sp³-hybridized carbons (Fsp3) is 0.789. The van der Waals surface area contributed by atoms with Crippen LogP contribution in [0.3, 0.4) is 0 Å². The molecule has 0 saturated heterocycles. The normalized spacial score (nSPS) is 32.3. The first-order valence-corrected chi connectivity index (χ1v) is 10.00. The number of hydrogen-bond acceptors (Lipinski definition) is 2. The Morgan fingerprint density at radius 3 is 2.86 bits per heavy atom. The summed E-state index contributed by atoms with van der Waals surface area (Å²) < 4.78 is 0. The first-order valence-electron chi connectivity index (χ1n) is 9.18. The van der Waals surface area contributed by atoms with Crippen molar-refractivity contribution in [2.45, 2.75) is 70.8 Å². The van der Waals surface area contributed by atoms with Crippen molar-refractivity contribution in [1.82, 2.24) is 5.32 Å². The van der Waals surface area contributed by atoms with Gasteiger partial charge in [-0.15, -0.1) is 11.3 Å². The second-order valence-electron chi connectivity index (χ2n) is 7.59. The van der Waals surface area contributed by atoms with E-state index in [0.29, 0.717) is 6.04 Å². The van der Waals surface area contributed by atoms with Crippen LogP contribution in [0.2, 0.25) is 0 Å². The van der Waals surface area contributed by atoms with Gasteiger partial charge in [0.05, 0.1) is 0 Å². The van der Waals surface area contributed by atoms with E-state index in [4.69, 9.17) is 0 Å². The van der Waals surface area contributed by atoms with E-state index in [1.807, 2.05) is 0 Å². The SMILES string of the molecule is CCNC(CC1CC2CCC1C2)c1cc2c(s1)CCCC2. The fourth-order valence-electron chi connectivity index (χ4n) is 5.20. The van der Waals surface area contributed by atoms with Crippen molar-refractivity contribution in [2.24, 2.45) is 17.8 Å². The Hall–Kier alpha value is -0.340. The van der Waals surface area contributed by atoms with Crippen molar-refractivity contribution in [1.29, 1.82) is 0 Å². The molecule has 4 rings (SSSR count). The van der Waals surface area contributed by atoms with Gasteiger partial charge in [-0.25, -0.2) is 0 Å². The quantitative estimate of drug-likeness (QED) is 0.797. The van der Waals surface area contributed by atoms with Gasteiger partial charge in [0.25, 0.3) is 0 Å². The Bertz CT molecular complexity index is 468. The third kappa shape index (κ3) is 2.82. The van der Waals surface area contributed by atoms with Gasteiger partial charge in [0, 0.05) is 15.8 Å². The Morgan fingerprint density at radius 2 is 2.14 bits per heavy atom. The monoisotopic (exact) mass is 303 g/mol. The Morgan fingerprint density at radius 1 is 1.24 bits per heavy atom. The van der Waals surface area contributed by atoms with Gasteiger partial charge in [-0.3, -0.25) is 0 Å². The van der Waals surface area contributed by atoms with Crippen LogP contribution in [0.15, 0.2) is 6.07 Å². The Balaban J connectivity index is 1.49. The van der Waals surface area contributed by atoms with Crippen LogP contribution in [-0.2, 0) is 12.8 Å². The molecule has 2 bridgehead atoms. The molecule has 2 fully saturated rings. The summed E-state index contributed by atoms with van der Waals surface area (Å²) in [6, 6.07) is 3.19. The van der Waals surface area contributed by atoms with Gasteiger partial charge in [0.1, 0.15) is 0 Å². The molecule has 0 aliphatic heterocycles. The molecule has 4 unspecified atom stereocenters. The van der Waals surface area contributed by atoms with E-state index in [1.165, 1.54) is 51.4 Å². The zero-order valence-electron chi connectivity index (χ0n) is 13.4. The molecule has 21 heavy (non-hydrogen) atoms. The smallest absolute Gasteiger partial charge is 0.0417 e. The fourth-order valence-corrected chi connectivity index (χ4v) is 6.55. The molecule has 4 atom stereocenters. The van der Waals surface area contributed by atoms with E-state index in [-0.39, 0.29) is 0 Å². The van der Waals surface area contributed by atoms with Crippen LogP contribution < -0.4 is 5.32 Å². The molecule has 3 aliphatic carbocycles. The number of aryl methyl sites for hydroxylation is 2. The van der Waals surface area contributed by atoms with Gasteiger partial charge in [-0.1, -0.05) is 13.3 Å². The van der Waals surface area contributed by atoms with Crippen LogP contribution in [0.5, 0.6) is 0 Å². The van der Waals surface area contributed by atoms with Gasteiger partial charge < -0.3 is 5.32 Å². The molecule has 2 saturated carbocycles. The molecule has 116 valence electrons. The van der Waals surface area contributed by atoms with Crippen LogP contribution in [0, 0.1) is 17.8 Å². The van der Waals surface area contributed by atoms with Gasteiger partial charge >= 0.3 is 0 Å². The summed E-state index contributed by atoms with van der Waals surface area (Å²) in [5.41, 5.74) is 1.68. The summed E-state index contributed by atoms with van der Waals surface area (Å²) in [5, 5.41) is 3.80. The standard InChI is InChI=1S/C19H29NS/c1-2-20-17(11-16-10-13-7-8-14(16)9-13)19-12-15-5-3-4-6-18(15)21-19/h12-14,16-17,20H,2-11H2,1H3. The lowest BCUT2D eigenvalue weighted by atomic mass is 9.84. The summed E-state index contributed by atoms with van der Waals surface area (Å²) in [4.78, 5) is 3.35. The van der Waals surface area contributed by atoms with Crippen LogP contribution in [0.1, 0.15) is 73.2 Å². The first-order chi connectivity index (χ1) is 10.3. The highest BCUT2D eigenvalue weighted by Crippen LogP contribution is 2.51. The van der Waals surface area contributed by atoms with E-state index in [9.17, 15) is 0 Å². The summed E-state index contributed by atoms with van der Waals surface area (Å²) in [5.74, 6) is 3.15. The molecule has 1 aromatic heterocycles. The average Bonchev–Trinajstić information content (AvgIpc) is 3.21. The number of hydrogen-bond donors (Lipinski definition) is 1. The minimum absolute atomic E-state index is 0.634. The highest BCUT2D eigenvalue weighted by atomic mass is 32.1. The van der Waals surface area contributed by atoms with Crippen LogP contribution in [0.4, 0.5) is 0 Å². The van der Waals surface area contributed by atoms with Gasteiger partial charge in [0.15, 0.2) is 0 Å². The minimum atomic E-state index is 0.634. The maximum Gasteiger partial charge on any atom is 0.0417 e. The topological polar surface area (TPSA) is 12.0 Å². The molecule has 0 amide bonds. The third-order valence-corrected chi connectivity index (χ3v) is 7.58. The van der Waals surface area contributed by atoms with E-state index in [0.717, 1.165) is 24.3 Å². The minimum Gasteiger partial charge on any atom is -0.310 e. The van der Waals surface area contributed by atoms with Gasteiger partial charge in [-0.05, 0) is 87.3 Å². The predicted octanol–water partition coefficient (Wildman–Crippen LogP) is 5.10. The molecule has 0 aromatic carbocycles. The summed E-state index contributed by atoms with van der Waals surface area (Å²) in [6.45, 7) is 3.37. The average molecular weight is 304 g/mol. The second-order valence-corrected chi connectivity index (χ2v) is 8.75. The molecule has 1 N–H and O–H groups in total. The number of rotatable bonds is 5. The number of nitrogens with one attached hydrogen (secondary N) is 1. The van der Waals surface area contributed by atoms with Crippen molar-refractivity contribution in [2.75, 3.05) is 6.54 Å². The van der Waals surface area contributed by atoms with Crippen molar-refractivity contribution in [3.63, 3.8) is 0 Å². The van der Waals surface area contributed by atoms with Crippen LogP contribution in [-0.4, -0.2) is 6.54 Å². The van der Waals surface area contributed by atoms with E-state index in [1.54, 1.807) is 21.7 Å². The van der Waals surface area contributed by atoms with E-state index >= 15 is 0 Å². The van der Waals surface area contributed by atoms with Crippen molar-refractivity contribution in [3.8, 4) is 0 Å². The van der Waals surface area contributed by atoms with Crippen molar-refractivity contribution >= 4 is 11.3 Å². The predicted molar refractivity (Wildman–Crippen MR) is 90.9 cm³/mol. The van der Waals surface area contributed by atoms with Crippen molar-refractivity contribution in [3.05, 3.63) is 21.4 Å². The largest absolute Gasteiger partial charge is 0.310 e. The second kappa shape index (κ2) is 6.04. The zero-order valence-corrected chi connectivity index (χ0v) is 14.2. The molecule has 1 nitrogen and oxygen atoms in total. The van der Waals surface area contributed by atoms with E-state index < -0.39 is 0 Å². The highest BCUT2D eigenvalue weighted by Gasteiger charge is 2.40. The Kier molecular flexibility index (Phi) is 4.10. The molecule has 1 heterocycles. The summed E-state index contributed by atoms with van der Waals surface area (Å²) in [7, 11) is 0. The van der Waals surface area contributed by atoms with Crippen LogP contribution >= 0.6 is 11.3 Å². The molecular formula is C19H29NS. The molecule has 0 spiro atoms. The number of fused-ring (bicyclic) bond motifs is 3. The number of thiophene rings is 1. The van der Waals surface area contributed by atoms with Crippen molar-refractivity contribution < 1.29 is 0 Å². The van der Waals surface area contributed by atoms with E-state index in [2.05, 4.69) is 29.6 Å². The molecule has 1 aromatic rings. The lowest BCUT2D eigenvalue weighted by Gasteiger charge is -2.26. The van der Waals surface area contributed by atoms with Gasteiger partial charge in [-0.2, -0.15) is 0 Å². The maximum absolute atomic E-state index is 3.80. The molecule has 0 radical (unpaired) electrons. The zero-order chi connectivity index (χ0) is 14.2. The Labute approximate surface area is 133 Å². The molecule has 3 aliphatic rings. The van der Waals surface area contributed by atoms with Gasteiger partial charge in [0.2, 0.25) is 0 Å². The summed E-state index contributed by atoms with van der Waals surface area (Å²) in [6.07, 6.45) is 13.0. The summed E-state index contributed by atoms with van der Waals surface area (Å²) >= 11 is 2.12. The first kappa shape index (κ1) is 14.3. The molecule has 2 heteroatoms. The lowest BCUT2D eigenvalue weighted by molar-refractivity contribution is 0.282. The maximum atomic E-state index is 3.80. The van der Waals surface area contributed by atoms with Crippen LogP contribution in [0.25, 0.3) is 0 Å². The highest BCUT2D eigenvalue weighted by molar-refractivity contribution is 7.12. The lowest BCUT2D eigenvalue weighted by Crippen LogP contribution is -2.24. The third-order valence-electron chi connectivity index (χ3n) is 6.23.